The normalized spacial score (nSPS) is 10.9. The third kappa shape index (κ3) is 4.29. The molecule has 0 radical (unpaired) electrons. The van der Waals surface area contributed by atoms with Crippen LogP contribution in [0.1, 0.15) is 6.92 Å². The van der Waals surface area contributed by atoms with Crippen LogP contribution in [0.3, 0.4) is 0 Å². The summed E-state index contributed by atoms with van der Waals surface area (Å²) in [6.45, 7) is 1.85. The quantitative estimate of drug-likeness (QED) is 0.375. The van der Waals surface area contributed by atoms with E-state index in [1.807, 2.05) is 6.92 Å². The smallest absolute Gasteiger partial charge is 0.269 e. The number of rotatable bonds is 4. The molecular weight excluding hydrogens is 220 g/mol. The van der Waals surface area contributed by atoms with Crippen molar-refractivity contribution in [1.82, 2.24) is 0 Å². The Hall–Kier alpha value is -2.43. The van der Waals surface area contributed by atoms with Crippen molar-refractivity contribution < 1.29 is 9.72 Å². The van der Waals surface area contributed by atoms with Crippen molar-refractivity contribution in [2.75, 3.05) is 5.32 Å². The van der Waals surface area contributed by atoms with Gasteiger partial charge in [-0.2, -0.15) is 0 Å². The predicted octanol–water partition coefficient (Wildman–Crippen LogP) is 2.67. The Morgan fingerprint density at radius 2 is 1.94 bits per heavy atom. The maximum atomic E-state index is 11.3. The lowest BCUT2D eigenvalue weighted by Crippen LogP contribution is -2.07. The average molecular weight is 232 g/mol. The Balaban J connectivity index is 2.63. The number of anilines is 1. The molecule has 0 saturated heterocycles. The molecule has 17 heavy (non-hydrogen) atoms. The molecule has 1 aromatic rings. The van der Waals surface area contributed by atoms with Crippen LogP contribution in [0.4, 0.5) is 11.4 Å². The molecule has 0 heterocycles. The number of carbonyl (C=O) groups is 1. The van der Waals surface area contributed by atoms with Crippen molar-refractivity contribution in [2.24, 2.45) is 0 Å². The first-order chi connectivity index (χ1) is 8.13. The van der Waals surface area contributed by atoms with Gasteiger partial charge >= 0.3 is 0 Å². The minimum absolute atomic E-state index is 0.00698. The SMILES string of the molecule is C/C=C\C=C/C(=O)Nc1ccc([N+](=O)[O-])cc1. The fourth-order valence-corrected chi connectivity index (χ4v) is 1.10. The number of nitrogens with one attached hydrogen (secondary N) is 1. The van der Waals surface area contributed by atoms with Gasteiger partial charge in [-0.25, -0.2) is 0 Å². The molecule has 1 amide bonds. The molecule has 88 valence electrons. The average Bonchev–Trinajstić information content (AvgIpc) is 2.30. The molecule has 0 atom stereocenters. The van der Waals surface area contributed by atoms with Gasteiger partial charge in [-0.05, 0) is 19.1 Å². The van der Waals surface area contributed by atoms with Crippen LogP contribution in [0.25, 0.3) is 0 Å². The van der Waals surface area contributed by atoms with E-state index in [1.54, 1.807) is 18.2 Å². The molecule has 0 aliphatic carbocycles. The molecule has 1 N–H and O–H groups in total. The predicted molar refractivity (Wildman–Crippen MR) is 65.7 cm³/mol. The number of nitrogens with zero attached hydrogens (tertiary/aromatic N) is 1. The van der Waals surface area contributed by atoms with Gasteiger partial charge in [-0.3, -0.25) is 14.9 Å². The first-order valence-corrected chi connectivity index (χ1v) is 4.98. The van der Waals surface area contributed by atoms with Crippen molar-refractivity contribution in [3.05, 3.63) is 58.7 Å². The van der Waals surface area contributed by atoms with Crippen LogP contribution in [0.15, 0.2) is 48.6 Å². The molecule has 5 heteroatoms. The van der Waals surface area contributed by atoms with E-state index in [9.17, 15) is 14.9 Å². The minimum Gasteiger partial charge on any atom is -0.323 e. The summed E-state index contributed by atoms with van der Waals surface area (Å²) in [6, 6.07) is 5.65. The topological polar surface area (TPSA) is 72.2 Å². The fourth-order valence-electron chi connectivity index (χ4n) is 1.10. The summed E-state index contributed by atoms with van der Waals surface area (Å²) in [6.07, 6.45) is 6.52. The lowest BCUT2D eigenvalue weighted by Gasteiger charge is -2.00. The van der Waals surface area contributed by atoms with Crippen molar-refractivity contribution in [3.8, 4) is 0 Å². The second-order valence-corrected chi connectivity index (χ2v) is 3.18. The highest BCUT2D eigenvalue weighted by molar-refractivity contribution is 5.99. The maximum absolute atomic E-state index is 11.3. The first-order valence-electron chi connectivity index (χ1n) is 4.98. The van der Waals surface area contributed by atoms with Crippen LogP contribution in [-0.4, -0.2) is 10.8 Å². The monoisotopic (exact) mass is 232 g/mol. The van der Waals surface area contributed by atoms with Crippen molar-refractivity contribution in [3.63, 3.8) is 0 Å². The van der Waals surface area contributed by atoms with Gasteiger partial charge in [0.05, 0.1) is 4.92 Å². The number of non-ortho nitro benzene ring substituents is 1. The summed E-state index contributed by atoms with van der Waals surface area (Å²) >= 11 is 0. The van der Waals surface area contributed by atoms with E-state index in [0.717, 1.165) is 0 Å². The molecule has 0 aliphatic heterocycles. The van der Waals surface area contributed by atoms with E-state index in [-0.39, 0.29) is 11.6 Å². The standard InChI is InChI=1S/C12H12N2O3/c1-2-3-4-5-12(15)13-10-6-8-11(9-7-10)14(16)17/h2-9H,1H3,(H,13,15)/b3-2-,5-4-. The van der Waals surface area contributed by atoms with Crippen LogP contribution < -0.4 is 5.32 Å². The van der Waals surface area contributed by atoms with Crippen LogP contribution in [0.2, 0.25) is 0 Å². The number of benzene rings is 1. The highest BCUT2D eigenvalue weighted by Gasteiger charge is 2.04. The highest BCUT2D eigenvalue weighted by atomic mass is 16.6. The summed E-state index contributed by atoms with van der Waals surface area (Å²) in [5, 5.41) is 13.0. The molecule has 1 rings (SSSR count). The van der Waals surface area contributed by atoms with Crippen molar-refractivity contribution in [1.29, 1.82) is 0 Å². The van der Waals surface area contributed by atoms with E-state index >= 15 is 0 Å². The number of carbonyl (C=O) groups excluding carboxylic acids is 1. The lowest BCUT2D eigenvalue weighted by molar-refractivity contribution is -0.384. The molecule has 1 aromatic carbocycles. The number of amides is 1. The Morgan fingerprint density at radius 1 is 1.29 bits per heavy atom. The molecule has 0 aliphatic rings. The molecule has 0 fully saturated rings. The van der Waals surface area contributed by atoms with E-state index in [1.165, 1.54) is 30.3 Å². The van der Waals surface area contributed by atoms with Crippen molar-refractivity contribution >= 4 is 17.3 Å². The third-order valence-electron chi connectivity index (χ3n) is 1.90. The summed E-state index contributed by atoms with van der Waals surface area (Å²) in [5.74, 6) is -0.281. The highest BCUT2D eigenvalue weighted by Crippen LogP contribution is 2.15. The zero-order chi connectivity index (χ0) is 12.7. The fraction of sp³-hybridized carbons (Fsp3) is 0.0833. The summed E-state index contributed by atoms with van der Waals surface area (Å²) < 4.78 is 0. The zero-order valence-corrected chi connectivity index (χ0v) is 9.29. The minimum atomic E-state index is -0.489. The molecule has 0 aromatic heterocycles. The maximum Gasteiger partial charge on any atom is 0.269 e. The van der Waals surface area contributed by atoms with Crippen LogP contribution in [-0.2, 0) is 4.79 Å². The lowest BCUT2D eigenvalue weighted by atomic mass is 10.3. The van der Waals surface area contributed by atoms with Gasteiger partial charge < -0.3 is 5.32 Å². The Kier molecular flexibility index (Phi) is 4.62. The second kappa shape index (κ2) is 6.22. The number of hydrogen-bond acceptors (Lipinski definition) is 3. The molecule has 0 bridgehead atoms. The summed E-state index contributed by atoms with van der Waals surface area (Å²) in [7, 11) is 0. The number of hydrogen-bond donors (Lipinski definition) is 1. The number of allylic oxidation sites excluding steroid dienone is 3. The van der Waals surface area contributed by atoms with E-state index in [4.69, 9.17) is 0 Å². The third-order valence-corrected chi connectivity index (χ3v) is 1.90. The van der Waals surface area contributed by atoms with Gasteiger partial charge in [0.15, 0.2) is 0 Å². The second-order valence-electron chi connectivity index (χ2n) is 3.18. The van der Waals surface area contributed by atoms with Gasteiger partial charge in [-0.1, -0.05) is 18.2 Å². The zero-order valence-electron chi connectivity index (χ0n) is 9.29. The van der Waals surface area contributed by atoms with Crippen molar-refractivity contribution in [2.45, 2.75) is 6.92 Å². The van der Waals surface area contributed by atoms with Gasteiger partial charge in [0.2, 0.25) is 5.91 Å². The molecular formula is C12H12N2O3. The van der Waals surface area contributed by atoms with Gasteiger partial charge in [0.1, 0.15) is 0 Å². The summed E-state index contributed by atoms with van der Waals surface area (Å²) in [4.78, 5) is 21.3. The van der Waals surface area contributed by atoms with E-state index in [0.29, 0.717) is 5.69 Å². The van der Waals surface area contributed by atoms with Crippen LogP contribution >= 0.6 is 0 Å². The van der Waals surface area contributed by atoms with Gasteiger partial charge in [0.25, 0.3) is 5.69 Å². The molecule has 0 spiro atoms. The van der Waals surface area contributed by atoms with E-state index in [2.05, 4.69) is 5.32 Å². The number of nitro groups is 1. The Morgan fingerprint density at radius 3 is 2.47 bits per heavy atom. The Bertz CT molecular complexity index is 461. The summed E-state index contributed by atoms with van der Waals surface area (Å²) in [5.41, 5.74) is 0.512. The molecule has 5 nitrogen and oxygen atoms in total. The van der Waals surface area contributed by atoms with Gasteiger partial charge in [0, 0.05) is 23.9 Å². The molecule has 0 saturated carbocycles. The first kappa shape index (κ1) is 12.6. The number of nitro benzene ring substituents is 1. The van der Waals surface area contributed by atoms with Crippen LogP contribution in [0.5, 0.6) is 0 Å². The van der Waals surface area contributed by atoms with Gasteiger partial charge in [-0.15, -0.1) is 0 Å². The van der Waals surface area contributed by atoms with Crippen LogP contribution in [0, 0.1) is 10.1 Å². The molecule has 0 unspecified atom stereocenters. The largest absolute Gasteiger partial charge is 0.323 e. The Labute approximate surface area is 98.6 Å². The van der Waals surface area contributed by atoms with E-state index < -0.39 is 4.92 Å².